The third-order valence-electron chi connectivity index (χ3n) is 3.82. The van der Waals surface area contributed by atoms with E-state index in [-0.39, 0.29) is 12.1 Å². The van der Waals surface area contributed by atoms with Crippen LogP contribution in [0.15, 0.2) is 30.3 Å². The lowest BCUT2D eigenvalue weighted by Crippen LogP contribution is -2.39. The van der Waals surface area contributed by atoms with E-state index in [0.29, 0.717) is 11.6 Å². The first-order chi connectivity index (χ1) is 9.97. The predicted octanol–water partition coefficient (Wildman–Crippen LogP) is 3.05. The van der Waals surface area contributed by atoms with Crippen molar-refractivity contribution < 1.29 is 14.7 Å². The van der Waals surface area contributed by atoms with Gasteiger partial charge in [0.05, 0.1) is 0 Å². The first kappa shape index (κ1) is 15.1. The van der Waals surface area contributed by atoms with Crippen LogP contribution in [0.4, 0.5) is 10.5 Å². The van der Waals surface area contributed by atoms with Gasteiger partial charge in [-0.1, -0.05) is 12.1 Å². The molecule has 0 spiro atoms. The van der Waals surface area contributed by atoms with Crippen LogP contribution in [0.1, 0.15) is 25.3 Å². The molecule has 1 saturated carbocycles. The van der Waals surface area contributed by atoms with Crippen molar-refractivity contribution in [3.63, 3.8) is 0 Å². The molecule has 0 aromatic heterocycles. The van der Waals surface area contributed by atoms with E-state index < -0.39 is 5.97 Å². The van der Waals surface area contributed by atoms with Crippen LogP contribution in [-0.4, -0.2) is 35.1 Å². The average molecular weight is 288 g/mol. The highest BCUT2D eigenvalue weighted by atomic mass is 16.4. The van der Waals surface area contributed by atoms with Gasteiger partial charge in [-0.15, -0.1) is 0 Å². The fraction of sp³-hybridized carbons (Fsp3) is 0.375. The second-order valence-corrected chi connectivity index (χ2v) is 5.41. The summed E-state index contributed by atoms with van der Waals surface area (Å²) in [6.07, 6.45) is 4.99. The number of hydrogen-bond acceptors (Lipinski definition) is 2. The van der Waals surface area contributed by atoms with Gasteiger partial charge < -0.3 is 15.3 Å². The fourth-order valence-corrected chi connectivity index (χ4v) is 2.14. The molecule has 5 heteroatoms. The van der Waals surface area contributed by atoms with Crippen molar-refractivity contribution in [1.29, 1.82) is 0 Å². The van der Waals surface area contributed by atoms with Crippen molar-refractivity contribution in [2.45, 2.75) is 25.8 Å². The molecule has 1 aromatic rings. The van der Waals surface area contributed by atoms with Gasteiger partial charge in [-0.3, -0.25) is 0 Å². The highest BCUT2D eigenvalue weighted by Crippen LogP contribution is 2.34. The molecule has 0 heterocycles. The zero-order valence-corrected chi connectivity index (χ0v) is 12.2. The lowest BCUT2D eigenvalue weighted by molar-refractivity contribution is -0.131. The Labute approximate surface area is 124 Å². The SMILES string of the molecule is CC(C1CC1)N(C)C(=O)Nc1ccc(/C=C/C(=O)O)cc1. The van der Waals surface area contributed by atoms with Gasteiger partial charge in [0.2, 0.25) is 0 Å². The minimum Gasteiger partial charge on any atom is -0.478 e. The van der Waals surface area contributed by atoms with Crippen LogP contribution in [-0.2, 0) is 4.79 Å². The van der Waals surface area contributed by atoms with Gasteiger partial charge in [0.1, 0.15) is 0 Å². The molecule has 1 aliphatic rings. The first-order valence-electron chi connectivity index (χ1n) is 7.02. The van der Waals surface area contributed by atoms with Gasteiger partial charge in [0, 0.05) is 24.9 Å². The third kappa shape index (κ3) is 4.34. The van der Waals surface area contributed by atoms with Crippen molar-refractivity contribution in [1.82, 2.24) is 4.90 Å². The molecule has 0 aliphatic heterocycles. The summed E-state index contributed by atoms with van der Waals surface area (Å²) in [5.41, 5.74) is 1.47. The van der Waals surface area contributed by atoms with Gasteiger partial charge in [-0.25, -0.2) is 9.59 Å². The summed E-state index contributed by atoms with van der Waals surface area (Å²) in [5, 5.41) is 11.4. The van der Waals surface area contributed by atoms with E-state index in [1.54, 1.807) is 29.2 Å². The molecule has 2 N–H and O–H groups in total. The molecule has 5 nitrogen and oxygen atoms in total. The molecule has 112 valence electrons. The lowest BCUT2D eigenvalue weighted by Gasteiger charge is -2.25. The minimum absolute atomic E-state index is 0.122. The largest absolute Gasteiger partial charge is 0.478 e. The molecule has 0 bridgehead atoms. The molecule has 1 aromatic carbocycles. The van der Waals surface area contributed by atoms with Crippen LogP contribution in [0.5, 0.6) is 0 Å². The van der Waals surface area contributed by atoms with Gasteiger partial charge in [-0.2, -0.15) is 0 Å². The summed E-state index contributed by atoms with van der Waals surface area (Å²) in [7, 11) is 1.81. The zero-order valence-electron chi connectivity index (χ0n) is 12.2. The Morgan fingerprint density at radius 3 is 2.48 bits per heavy atom. The second-order valence-electron chi connectivity index (χ2n) is 5.41. The number of carboxylic acid groups (broad SMARTS) is 1. The molecule has 0 radical (unpaired) electrons. The molecule has 1 fully saturated rings. The summed E-state index contributed by atoms with van der Waals surface area (Å²) in [6.45, 7) is 2.07. The normalized spacial score (nSPS) is 15.7. The average Bonchev–Trinajstić information content (AvgIpc) is 3.29. The number of nitrogens with one attached hydrogen (secondary N) is 1. The number of carbonyl (C=O) groups excluding carboxylic acids is 1. The Morgan fingerprint density at radius 1 is 1.33 bits per heavy atom. The number of rotatable bonds is 5. The maximum atomic E-state index is 12.1. The molecule has 21 heavy (non-hydrogen) atoms. The van der Waals surface area contributed by atoms with Crippen LogP contribution in [0.2, 0.25) is 0 Å². The summed E-state index contributed by atoms with van der Waals surface area (Å²) in [5.74, 6) is -0.354. The molecule has 1 atom stereocenters. The number of amides is 2. The molecule has 2 amide bonds. The molecule has 1 unspecified atom stereocenters. The molecular weight excluding hydrogens is 268 g/mol. The quantitative estimate of drug-likeness (QED) is 0.818. The Balaban J connectivity index is 1.93. The maximum Gasteiger partial charge on any atom is 0.328 e. The summed E-state index contributed by atoms with van der Waals surface area (Å²) in [4.78, 5) is 24.3. The fourth-order valence-electron chi connectivity index (χ4n) is 2.14. The standard InChI is InChI=1S/C16H20N2O3/c1-11(13-6-7-13)18(2)16(21)17-14-8-3-12(4-9-14)5-10-15(19)20/h3-5,8-11,13H,6-7H2,1-2H3,(H,17,21)(H,19,20)/b10-5+. The van der Waals surface area contributed by atoms with E-state index >= 15 is 0 Å². The Hall–Kier alpha value is -2.30. The second kappa shape index (κ2) is 6.43. The van der Waals surface area contributed by atoms with Gasteiger partial charge >= 0.3 is 12.0 Å². The van der Waals surface area contributed by atoms with E-state index in [0.717, 1.165) is 11.6 Å². The van der Waals surface area contributed by atoms with Crippen LogP contribution in [0.3, 0.4) is 0 Å². The highest BCUT2D eigenvalue weighted by molar-refractivity contribution is 5.89. The number of benzene rings is 1. The summed E-state index contributed by atoms with van der Waals surface area (Å²) >= 11 is 0. The molecule has 0 saturated heterocycles. The monoisotopic (exact) mass is 288 g/mol. The summed E-state index contributed by atoms with van der Waals surface area (Å²) in [6, 6.07) is 7.18. The number of carbonyl (C=O) groups is 2. The van der Waals surface area contributed by atoms with E-state index in [1.165, 1.54) is 18.9 Å². The Bertz CT molecular complexity index is 547. The number of hydrogen-bond donors (Lipinski definition) is 2. The van der Waals surface area contributed by atoms with Crippen molar-refractivity contribution in [3.05, 3.63) is 35.9 Å². The minimum atomic E-state index is -0.983. The van der Waals surface area contributed by atoms with Crippen LogP contribution < -0.4 is 5.32 Å². The lowest BCUT2D eigenvalue weighted by atomic mass is 10.2. The summed E-state index contributed by atoms with van der Waals surface area (Å²) < 4.78 is 0. The van der Waals surface area contributed by atoms with E-state index in [9.17, 15) is 9.59 Å². The Morgan fingerprint density at radius 2 is 1.95 bits per heavy atom. The maximum absolute atomic E-state index is 12.1. The number of aliphatic carboxylic acids is 1. The van der Waals surface area contributed by atoms with Crippen LogP contribution >= 0.6 is 0 Å². The Kier molecular flexibility index (Phi) is 4.62. The molecular formula is C16H20N2O3. The highest BCUT2D eigenvalue weighted by Gasteiger charge is 2.32. The van der Waals surface area contributed by atoms with Crippen LogP contribution in [0.25, 0.3) is 6.08 Å². The van der Waals surface area contributed by atoms with E-state index in [1.807, 2.05) is 7.05 Å². The van der Waals surface area contributed by atoms with E-state index in [2.05, 4.69) is 12.2 Å². The van der Waals surface area contributed by atoms with Gasteiger partial charge in [-0.05, 0) is 49.5 Å². The van der Waals surface area contributed by atoms with Crippen LogP contribution in [0, 0.1) is 5.92 Å². The topological polar surface area (TPSA) is 69.6 Å². The number of nitrogens with zero attached hydrogens (tertiary/aromatic N) is 1. The number of carboxylic acids is 1. The number of urea groups is 1. The van der Waals surface area contributed by atoms with Crippen molar-refractivity contribution in [3.8, 4) is 0 Å². The van der Waals surface area contributed by atoms with Gasteiger partial charge in [0.25, 0.3) is 0 Å². The van der Waals surface area contributed by atoms with Crippen molar-refractivity contribution in [2.24, 2.45) is 5.92 Å². The third-order valence-corrected chi connectivity index (χ3v) is 3.82. The van der Waals surface area contributed by atoms with Gasteiger partial charge in [0.15, 0.2) is 0 Å². The molecule has 2 rings (SSSR count). The smallest absolute Gasteiger partial charge is 0.328 e. The van der Waals surface area contributed by atoms with E-state index in [4.69, 9.17) is 5.11 Å². The van der Waals surface area contributed by atoms with Crippen molar-refractivity contribution >= 4 is 23.8 Å². The molecule has 1 aliphatic carbocycles. The predicted molar refractivity (Wildman–Crippen MR) is 82.1 cm³/mol. The zero-order chi connectivity index (χ0) is 15.4. The first-order valence-corrected chi connectivity index (χ1v) is 7.02. The van der Waals surface area contributed by atoms with Crippen molar-refractivity contribution in [2.75, 3.05) is 12.4 Å². The number of anilines is 1.